The minimum atomic E-state index is 0.819. The summed E-state index contributed by atoms with van der Waals surface area (Å²) in [7, 11) is 0. The average Bonchev–Trinajstić information content (AvgIpc) is 2.17. The van der Waals surface area contributed by atoms with Gasteiger partial charge in [0.1, 0.15) is 0 Å². The molecular formula is C8H16N2. The molecule has 2 N–H and O–H groups in total. The minimum Gasteiger partial charge on any atom is -0.314 e. The maximum absolute atomic E-state index is 3.57. The lowest BCUT2D eigenvalue weighted by molar-refractivity contribution is 0.442. The summed E-state index contributed by atoms with van der Waals surface area (Å²) in [5.74, 6) is 0. The van der Waals surface area contributed by atoms with E-state index in [1.54, 1.807) is 0 Å². The molecule has 10 heavy (non-hydrogen) atoms. The number of nitrogens with one attached hydrogen (secondary N) is 2. The molecule has 0 aromatic heterocycles. The summed E-state index contributed by atoms with van der Waals surface area (Å²) in [4.78, 5) is 0. The van der Waals surface area contributed by atoms with Crippen molar-refractivity contribution in [3.63, 3.8) is 0 Å². The first-order valence-corrected chi connectivity index (χ1v) is 4.42. The van der Waals surface area contributed by atoms with E-state index in [9.17, 15) is 0 Å². The van der Waals surface area contributed by atoms with Crippen LogP contribution in [0, 0.1) is 0 Å². The zero-order valence-corrected chi connectivity index (χ0v) is 6.40. The molecule has 2 nitrogen and oxygen atoms in total. The second kappa shape index (κ2) is 2.89. The Morgan fingerprint density at radius 2 is 1.20 bits per heavy atom. The van der Waals surface area contributed by atoms with Crippen molar-refractivity contribution in [1.29, 1.82) is 0 Å². The summed E-state index contributed by atoms with van der Waals surface area (Å²) in [5, 5.41) is 7.15. The smallest absolute Gasteiger partial charge is 0.00797 e. The van der Waals surface area contributed by atoms with Crippen molar-refractivity contribution >= 4 is 0 Å². The van der Waals surface area contributed by atoms with Gasteiger partial charge in [-0.15, -0.1) is 0 Å². The second-order valence-electron chi connectivity index (χ2n) is 3.46. The first-order valence-electron chi connectivity index (χ1n) is 4.42. The first-order chi connectivity index (χ1) is 4.95. The van der Waals surface area contributed by atoms with Crippen LogP contribution in [0.25, 0.3) is 0 Å². The lowest BCUT2D eigenvalue weighted by Gasteiger charge is -2.17. The van der Waals surface area contributed by atoms with Crippen molar-refractivity contribution in [2.45, 2.75) is 37.8 Å². The Kier molecular flexibility index (Phi) is 1.91. The van der Waals surface area contributed by atoms with Crippen LogP contribution >= 0.6 is 0 Å². The predicted octanol–water partition coefficient (Wildman–Crippen LogP) is 0.490. The monoisotopic (exact) mass is 140 g/mol. The molecule has 0 aromatic carbocycles. The van der Waals surface area contributed by atoms with Crippen LogP contribution in [0.5, 0.6) is 0 Å². The molecule has 0 radical (unpaired) electrons. The SMILES string of the molecule is C1CC2CCC(CCN2)N1. The summed E-state index contributed by atoms with van der Waals surface area (Å²) in [6.45, 7) is 2.45. The van der Waals surface area contributed by atoms with Gasteiger partial charge in [-0.2, -0.15) is 0 Å². The topological polar surface area (TPSA) is 24.1 Å². The largest absolute Gasteiger partial charge is 0.314 e. The Hall–Kier alpha value is -0.0800. The average molecular weight is 140 g/mol. The van der Waals surface area contributed by atoms with E-state index < -0.39 is 0 Å². The number of hydrogen-bond acceptors (Lipinski definition) is 2. The second-order valence-corrected chi connectivity index (χ2v) is 3.46. The Labute approximate surface area is 62.4 Å². The molecule has 58 valence electrons. The van der Waals surface area contributed by atoms with Crippen LogP contribution in [0.2, 0.25) is 0 Å². The molecule has 2 heterocycles. The van der Waals surface area contributed by atoms with Gasteiger partial charge in [0.2, 0.25) is 0 Å². The molecular weight excluding hydrogens is 124 g/mol. The van der Waals surface area contributed by atoms with Gasteiger partial charge in [0.25, 0.3) is 0 Å². The van der Waals surface area contributed by atoms with E-state index in [-0.39, 0.29) is 0 Å². The van der Waals surface area contributed by atoms with E-state index in [0.717, 1.165) is 12.1 Å². The van der Waals surface area contributed by atoms with Gasteiger partial charge < -0.3 is 10.6 Å². The van der Waals surface area contributed by atoms with Crippen molar-refractivity contribution in [2.24, 2.45) is 0 Å². The van der Waals surface area contributed by atoms with Gasteiger partial charge >= 0.3 is 0 Å². The lowest BCUT2D eigenvalue weighted by Crippen LogP contribution is -2.36. The lowest BCUT2D eigenvalue weighted by atomic mass is 10.1. The third kappa shape index (κ3) is 1.32. The van der Waals surface area contributed by atoms with E-state index in [0.29, 0.717) is 0 Å². The summed E-state index contributed by atoms with van der Waals surface area (Å²) < 4.78 is 0. The van der Waals surface area contributed by atoms with Gasteiger partial charge in [0.05, 0.1) is 0 Å². The summed E-state index contributed by atoms with van der Waals surface area (Å²) in [6.07, 6.45) is 5.43. The van der Waals surface area contributed by atoms with Crippen LogP contribution in [0.15, 0.2) is 0 Å². The van der Waals surface area contributed by atoms with Crippen LogP contribution in [-0.4, -0.2) is 25.2 Å². The van der Waals surface area contributed by atoms with Crippen molar-refractivity contribution in [3.05, 3.63) is 0 Å². The van der Waals surface area contributed by atoms with Crippen molar-refractivity contribution < 1.29 is 0 Å². The molecule has 2 saturated heterocycles. The van der Waals surface area contributed by atoms with Crippen LogP contribution in [0.1, 0.15) is 25.7 Å². The molecule has 2 heteroatoms. The van der Waals surface area contributed by atoms with E-state index in [1.165, 1.54) is 38.8 Å². The predicted molar refractivity (Wildman–Crippen MR) is 42.0 cm³/mol. The molecule has 2 fully saturated rings. The Balaban J connectivity index is 2.01. The highest BCUT2D eigenvalue weighted by Crippen LogP contribution is 2.15. The van der Waals surface area contributed by atoms with Gasteiger partial charge in [-0.1, -0.05) is 0 Å². The van der Waals surface area contributed by atoms with E-state index in [1.807, 2.05) is 0 Å². The van der Waals surface area contributed by atoms with E-state index in [4.69, 9.17) is 0 Å². The van der Waals surface area contributed by atoms with Gasteiger partial charge in [-0.3, -0.25) is 0 Å². The molecule has 0 aromatic rings. The molecule has 2 atom stereocenters. The Morgan fingerprint density at radius 3 is 1.70 bits per heavy atom. The number of hydrogen-bond donors (Lipinski definition) is 2. The third-order valence-corrected chi connectivity index (χ3v) is 2.72. The van der Waals surface area contributed by atoms with Crippen molar-refractivity contribution in [2.75, 3.05) is 13.1 Å². The molecule has 2 unspecified atom stereocenters. The molecule has 2 aliphatic rings. The minimum absolute atomic E-state index is 0.819. The fourth-order valence-electron chi connectivity index (χ4n) is 2.02. The number of rotatable bonds is 0. The Morgan fingerprint density at radius 1 is 0.700 bits per heavy atom. The molecule has 0 aliphatic carbocycles. The summed E-state index contributed by atoms with van der Waals surface area (Å²) in [6, 6.07) is 1.64. The fraction of sp³-hybridized carbons (Fsp3) is 1.00. The molecule has 0 amide bonds. The van der Waals surface area contributed by atoms with E-state index in [2.05, 4.69) is 10.6 Å². The van der Waals surface area contributed by atoms with Gasteiger partial charge in [-0.05, 0) is 38.8 Å². The first kappa shape index (κ1) is 6.62. The normalized spacial score (nSPS) is 40.8. The molecule has 0 saturated carbocycles. The highest BCUT2D eigenvalue weighted by molar-refractivity contribution is 4.83. The molecule has 2 rings (SSSR count). The zero-order valence-electron chi connectivity index (χ0n) is 6.40. The third-order valence-electron chi connectivity index (χ3n) is 2.72. The van der Waals surface area contributed by atoms with Crippen LogP contribution in [0.3, 0.4) is 0 Å². The van der Waals surface area contributed by atoms with Gasteiger partial charge in [-0.25, -0.2) is 0 Å². The summed E-state index contributed by atoms with van der Waals surface area (Å²) >= 11 is 0. The van der Waals surface area contributed by atoms with Crippen LogP contribution < -0.4 is 10.6 Å². The van der Waals surface area contributed by atoms with Crippen LogP contribution in [-0.2, 0) is 0 Å². The Bertz CT molecular complexity index is 91.8. The highest BCUT2D eigenvalue weighted by Gasteiger charge is 2.20. The van der Waals surface area contributed by atoms with Crippen LogP contribution in [0.4, 0.5) is 0 Å². The molecule has 2 bridgehead atoms. The molecule has 0 spiro atoms. The van der Waals surface area contributed by atoms with Crippen molar-refractivity contribution in [1.82, 2.24) is 10.6 Å². The number of fused-ring (bicyclic) bond motifs is 3. The quantitative estimate of drug-likeness (QED) is 0.511. The van der Waals surface area contributed by atoms with E-state index >= 15 is 0 Å². The van der Waals surface area contributed by atoms with Gasteiger partial charge in [0.15, 0.2) is 0 Å². The fourth-order valence-corrected chi connectivity index (χ4v) is 2.02. The maximum atomic E-state index is 3.57. The highest BCUT2D eigenvalue weighted by atomic mass is 15.0. The maximum Gasteiger partial charge on any atom is 0.00797 e. The van der Waals surface area contributed by atoms with Crippen molar-refractivity contribution in [3.8, 4) is 0 Å². The zero-order chi connectivity index (χ0) is 6.81. The van der Waals surface area contributed by atoms with Gasteiger partial charge in [0, 0.05) is 12.1 Å². The summed E-state index contributed by atoms with van der Waals surface area (Å²) in [5.41, 5.74) is 0. The molecule has 2 aliphatic heterocycles. The standard InChI is InChI=1S/C8H16N2/c1-2-8-4-6-9-7(1)3-5-10-8/h7-10H,1-6H2.